The van der Waals surface area contributed by atoms with Gasteiger partial charge in [-0.3, -0.25) is 9.59 Å². The molecule has 0 aromatic heterocycles. The number of benzene rings is 1. The predicted molar refractivity (Wildman–Crippen MR) is 86.0 cm³/mol. The number of hydrogen-bond donors (Lipinski definition) is 1. The van der Waals surface area contributed by atoms with Crippen LogP contribution in [0.3, 0.4) is 0 Å². The van der Waals surface area contributed by atoms with Crippen LogP contribution in [-0.4, -0.2) is 35.0 Å². The Hall–Kier alpha value is -1.55. The van der Waals surface area contributed by atoms with Crippen molar-refractivity contribution in [1.29, 1.82) is 0 Å². The van der Waals surface area contributed by atoms with Crippen LogP contribution < -0.4 is 0 Å². The molecule has 3 rings (SSSR count). The van der Waals surface area contributed by atoms with E-state index in [4.69, 9.17) is 5.11 Å². The van der Waals surface area contributed by atoms with Crippen molar-refractivity contribution in [3.05, 3.63) is 35.9 Å². The monoisotopic (exact) mass is 323 g/mol. The fraction of sp³-hybridized carbons (Fsp3) is 0.529. The molecule has 1 unspecified atom stereocenters. The largest absolute Gasteiger partial charge is 0.481 e. The summed E-state index contributed by atoms with van der Waals surface area (Å²) in [6.45, 7) is 0.969. The van der Waals surface area contributed by atoms with Crippen LogP contribution in [0.1, 0.15) is 31.2 Å². The van der Waals surface area contributed by atoms with Crippen molar-refractivity contribution in [1.82, 2.24) is 4.90 Å². The Labute approximate surface area is 136 Å². The molecule has 1 saturated heterocycles. The van der Waals surface area contributed by atoms with Crippen LogP contribution >= 0.6 is 12.4 Å². The zero-order valence-corrected chi connectivity index (χ0v) is 13.3. The smallest absolute Gasteiger partial charge is 0.308 e. The number of nitrogens with zero attached hydrogens (tertiary/aromatic N) is 1. The highest BCUT2D eigenvalue weighted by molar-refractivity contribution is 5.85. The number of halogens is 1. The second kappa shape index (κ2) is 6.69. The zero-order chi connectivity index (χ0) is 14.9. The highest BCUT2D eigenvalue weighted by atomic mass is 35.5. The fourth-order valence-electron chi connectivity index (χ4n) is 3.54. The quantitative estimate of drug-likeness (QED) is 0.927. The average molecular weight is 324 g/mol. The van der Waals surface area contributed by atoms with Crippen molar-refractivity contribution >= 4 is 24.3 Å². The standard InChI is InChI=1S/C17H21NO3.ClH/c19-15(20)14-7-10-18(12-14)16(21)17(8-4-9-17)11-13-5-2-1-3-6-13;/h1-3,5-6,14H,4,7-12H2,(H,19,20);1H. The first kappa shape index (κ1) is 16.8. The molecule has 0 spiro atoms. The van der Waals surface area contributed by atoms with E-state index in [2.05, 4.69) is 12.1 Å². The van der Waals surface area contributed by atoms with E-state index in [1.165, 1.54) is 5.56 Å². The highest BCUT2D eigenvalue weighted by Crippen LogP contribution is 2.46. The molecular weight excluding hydrogens is 302 g/mol. The highest BCUT2D eigenvalue weighted by Gasteiger charge is 2.47. The van der Waals surface area contributed by atoms with Crippen LogP contribution in [0, 0.1) is 11.3 Å². The van der Waals surface area contributed by atoms with Crippen LogP contribution in [0.5, 0.6) is 0 Å². The lowest BCUT2D eigenvalue weighted by molar-refractivity contribution is -0.147. The van der Waals surface area contributed by atoms with Gasteiger partial charge in [0.1, 0.15) is 0 Å². The topological polar surface area (TPSA) is 57.6 Å². The molecule has 1 aliphatic heterocycles. The minimum atomic E-state index is -0.781. The van der Waals surface area contributed by atoms with E-state index >= 15 is 0 Å². The van der Waals surface area contributed by atoms with E-state index in [9.17, 15) is 9.59 Å². The Morgan fingerprint density at radius 3 is 2.41 bits per heavy atom. The summed E-state index contributed by atoms with van der Waals surface area (Å²) in [6, 6.07) is 10.1. The van der Waals surface area contributed by atoms with Crippen molar-refractivity contribution in [3.63, 3.8) is 0 Å². The molecule has 1 heterocycles. The Morgan fingerprint density at radius 2 is 1.91 bits per heavy atom. The first-order valence-corrected chi connectivity index (χ1v) is 7.67. The maximum absolute atomic E-state index is 12.9. The minimum Gasteiger partial charge on any atom is -0.481 e. The van der Waals surface area contributed by atoms with Gasteiger partial charge < -0.3 is 10.0 Å². The summed E-state index contributed by atoms with van der Waals surface area (Å²) >= 11 is 0. The number of carbonyl (C=O) groups excluding carboxylic acids is 1. The molecule has 1 amide bonds. The number of likely N-dealkylation sites (tertiary alicyclic amines) is 1. The summed E-state index contributed by atoms with van der Waals surface area (Å²) in [5.41, 5.74) is 0.911. The molecule has 1 atom stereocenters. The van der Waals surface area contributed by atoms with Gasteiger partial charge in [0.25, 0.3) is 0 Å². The van der Waals surface area contributed by atoms with E-state index in [-0.39, 0.29) is 29.6 Å². The van der Waals surface area contributed by atoms with E-state index in [1.807, 2.05) is 18.2 Å². The van der Waals surface area contributed by atoms with E-state index in [1.54, 1.807) is 4.90 Å². The predicted octanol–water partition coefficient (Wildman–Crippen LogP) is 2.75. The molecule has 120 valence electrons. The molecular formula is C17H22ClNO3. The normalized spacial score (nSPS) is 22.5. The number of hydrogen-bond acceptors (Lipinski definition) is 2. The lowest BCUT2D eigenvalue weighted by Gasteiger charge is -2.43. The van der Waals surface area contributed by atoms with Gasteiger partial charge in [-0.15, -0.1) is 12.4 Å². The molecule has 2 aliphatic rings. The van der Waals surface area contributed by atoms with Crippen molar-refractivity contribution in [2.75, 3.05) is 13.1 Å². The fourth-order valence-corrected chi connectivity index (χ4v) is 3.54. The molecule has 1 aliphatic carbocycles. The molecule has 4 nitrogen and oxygen atoms in total. The van der Waals surface area contributed by atoms with Gasteiger partial charge in [0.05, 0.1) is 11.3 Å². The first-order valence-electron chi connectivity index (χ1n) is 7.67. The van der Waals surface area contributed by atoms with Crippen molar-refractivity contribution in [2.45, 2.75) is 32.1 Å². The molecule has 5 heteroatoms. The lowest BCUT2D eigenvalue weighted by atomic mass is 9.64. The zero-order valence-electron chi connectivity index (χ0n) is 12.5. The van der Waals surface area contributed by atoms with Crippen molar-refractivity contribution in [2.24, 2.45) is 11.3 Å². The molecule has 2 fully saturated rings. The van der Waals surface area contributed by atoms with Crippen LogP contribution in [0.15, 0.2) is 30.3 Å². The van der Waals surface area contributed by atoms with Crippen LogP contribution in [-0.2, 0) is 16.0 Å². The summed E-state index contributed by atoms with van der Waals surface area (Å²) in [7, 11) is 0. The van der Waals surface area contributed by atoms with Gasteiger partial charge in [-0.2, -0.15) is 0 Å². The van der Waals surface area contributed by atoms with Gasteiger partial charge in [0.15, 0.2) is 0 Å². The number of carboxylic acids is 1. The number of amides is 1. The van der Waals surface area contributed by atoms with E-state index in [0.717, 1.165) is 25.7 Å². The molecule has 0 radical (unpaired) electrons. The van der Waals surface area contributed by atoms with Gasteiger partial charge in [-0.25, -0.2) is 0 Å². The van der Waals surface area contributed by atoms with Crippen molar-refractivity contribution < 1.29 is 14.7 Å². The maximum Gasteiger partial charge on any atom is 0.308 e. The summed E-state index contributed by atoms with van der Waals surface area (Å²) in [6.07, 6.45) is 4.31. The number of aliphatic carboxylic acids is 1. The molecule has 22 heavy (non-hydrogen) atoms. The molecule has 1 aromatic rings. The van der Waals surface area contributed by atoms with Gasteiger partial charge in [0, 0.05) is 13.1 Å². The molecule has 0 bridgehead atoms. The second-order valence-electron chi connectivity index (χ2n) is 6.37. The molecule has 1 N–H and O–H groups in total. The Bertz CT molecular complexity index is 542. The average Bonchev–Trinajstić information content (AvgIpc) is 2.93. The summed E-state index contributed by atoms with van der Waals surface area (Å²) < 4.78 is 0. The van der Waals surface area contributed by atoms with Gasteiger partial charge in [-0.05, 0) is 31.2 Å². The summed E-state index contributed by atoms with van der Waals surface area (Å²) in [4.78, 5) is 25.7. The van der Waals surface area contributed by atoms with Gasteiger partial charge in [-0.1, -0.05) is 36.8 Å². The number of carboxylic acid groups (broad SMARTS) is 1. The first-order chi connectivity index (χ1) is 10.1. The maximum atomic E-state index is 12.9. The van der Waals surface area contributed by atoms with Gasteiger partial charge in [0.2, 0.25) is 5.91 Å². The molecule has 1 saturated carbocycles. The Morgan fingerprint density at radius 1 is 1.23 bits per heavy atom. The third kappa shape index (κ3) is 3.12. The van der Waals surface area contributed by atoms with Crippen molar-refractivity contribution in [3.8, 4) is 0 Å². The van der Waals surface area contributed by atoms with Crippen LogP contribution in [0.25, 0.3) is 0 Å². The second-order valence-corrected chi connectivity index (χ2v) is 6.37. The van der Waals surface area contributed by atoms with E-state index in [0.29, 0.717) is 19.5 Å². The van der Waals surface area contributed by atoms with Crippen LogP contribution in [0.2, 0.25) is 0 Å². The molecule has 1 aromatic carbocycles. The SMILES string of the molecule is Cl.O=C(O)C1CCN(C(=O)C2(Cc3ccccc3)CCC2)C1. The van der Waals surface area contributed by atoms with E-state index < -0.39 is 5.97 Å². The number of carbonyl (C=O) groups is 2. The minimum absolute atomic E-state index is 0. The Balaban J connectivity index is 0.00000176. The third-order valence-corrected chi connectivity index (χ3v) is 4.97. The van der Waals surface area contributed by atoms with Gasteiger partial charge >= 0.3 is 5.97 Å². The lowest BCUT2D eigenvalue weighted by Crippen LogP contribution is -2.48. The number of rotatable bonds is 4. The van der Waals surface area contributed by atoms with Crippen LogP contribution in [0.4, 0.5) is 0 Å². The Kier molecular flexibility index (Phi) is 5.12. The summed E-state index contributed by atoms with van der Waals surface area (Å²) in [5.74, 6) is -1.000. The third-order valence-electron chi connectivity index (χ3n) is 4.97. The summed E-state index contributed by atoms with van der Waals surface area (Å²) in [5, 5.41) is 9.08.